The summed E-state index contributed by atoms with van der Waals surface area (Å²) in [4.78, 5) is 10.0. The standard InChI is InChI=1S/C6H8F5NO2.ClH/c1-4(12,2-3(13)14)5(7,8)6(9,10)11;/h2,12H2,1H3,(H,13,14);1H. The van der Waals surface area contributed by atoms with Gasteiger partial charge in [-0.2, -0.15) is 22.0 Å². The maximum Gasteiger partial charge on any atom is 0.455 e. The van der Waals surface area contributed by atoms with Crippen molar-refractivity contribution < 1.29 is 31.9 Å². The van der Waals surface area contributed by atoms with E-state index in [1.165, 1.54) is 0 Å². The Hall–Kier alpha value is -0.630. The Morgan fingerprint density at radius 2 is 1.60 bits per heavy atom. The molecular weight excluding hydrogens is 249 g/mol. The second kappa shape index (κ2) is 4.48. The molecule has 0 spiro atoms. The van der Waals surface area contributed by atoms with Gasteiger partial charge in [-0.1, -0.05) is 0 Å². The van der Waals surface area contributed by atoms with Gasteiger partial charge in [-0.05, 0) is 6.92 Å². The molecule has 0 saturated heterocycles. The molecule has 0 rings (SSSR count). The lowest BCUT2D eigenvalue weighted by atomic mass is 9.90. The molecule has 0 fully saturated rings. The van der Waals surface area contributed by atoms with Gasteiger partial charge in [0.15, 0.2) is 0 Å². The summed E-state index contributed by atoms with van der Waals surface area (Å²) in [7, 11) is 0. The van der Waals surface area contributed by atoms with Crippen molar-refractivity contribution in [1.29, 1.82) is 0 Å². The Kier molecular flexibility index (Phi) is 5.01. The summed E-state index contributed by atoms with van der Waals surface area (Å²) in [5.41, 5.74) is 1.48. The quantitative estimate of drug-likeness (QED) is 0.758. The maximum atomic E-state index is 12.6. The number of alkyl halides is 5. The van der Waals surface area contributed by atoms with Gasteiger partial charge in [0.1, 0.15) is 0 Å². The van der Waals surface area contributed by atoms with Crippen molar-refractivity contribution in [1.82, 2.24) is 0 Å². The number of hydrogen-bond acceptors (Lipinski definition) is 2. The first-order valence-electron chi connectivity index (χ1n) is 3.37. The molecule has 3 N–H and O–H groups in total. The van der Waals surface area contributed by atoms with Crippen LogP contribution in [0.4, 0.5) is 22.0 Å². The zero-order valence-corrected chi connectivity index (χ0v) is 8.25. The van der Waals surface area contributed by atoms with Crippen molar-refractivity contribution in [3.8, 4) is 0 Å². The van der Waals surface area contributed by atoms with E-state index in [-0.39, 0.29) is 12.4 Å². The zero-order valence-electron chi connectivity index (χ0n) is 7.44. The second-order valence-corrected chi connectivity index (χ2v) is 3.06. The van der Waals surface area contributed by atoms with Crippen LogP contribution in [0.25, 0.3) is 0 Å². The van der Waals surface area contributed by atoms with Gasteiger partial charge in [-0.25, -0.2) is 0 Å². The zero-order chi connectivity index (χ0) is 11.8. The van der Waals surface area contributed by atoms with Crippen LogP contribution in [-0.2, 0) is 4.79 Å². The highest BCUT2D eigenvalue weighted by atomic mass is 35.5. The largest absolute Gasteiger partial charge is 0.481 e. The predicted octanol–water partition coefficient (Wildman–Crippen LogP) is 1.80. The lowest BCUT2D eigenvalue weighted by Gasteiger charge is -2.33. The van der Waals surface area contributed by atoms with Gasteiger partial charge in [0.2, 0.25) is 0 Å². The van der Waals surface area contributed by atoms with Crippen LogP contribution < -0.4 is 5.73 Å². The Labute approximate surface area is 87.8 Å². The molecule has 0 aliphatic carbocycles. The molecule has 0 heterocycles. The molecule has 0 aromatic heterocycles. The summed E-state index contributed by atoms with van der Waals surface area (Å²) >= 11 is 0. The van der Waals surface area contributed by atoms with E-state index in [9.17, 15) is 26.7 Å². The van der Waals surface area contributed by atoms with E-state index in [4.69, 9.17) is 5.11 Å². The summed E-state index contributed by atoms with van der Waals surface area (Å²) in [6.45, 7) is 0.342. The molecule has 0 saturated carbocycles. The molecule has 3 nitrogen and oxygen atoms in total. The highest BCUT2D eigenvalue weighted by Gasteiger charge is 2.67. The third kappa shape index (κ3) is 3.45. The molecule has 92 valence electrons. The Balaban J connectivity index is 0. The number of rotatable bonds is 3. The molecule has 0 aliphatic heterocycles. The van der Waals surface area contributed by atoms with E-state index < -0.39 is 30.0 Å². The van der Waals surface area contributed by atoms with Crippen molar-refractivity contribution in [2.75, 3.05) is 0 Å². The van der Waals surface area contributed by atoms with Crippen LogP contribution in [0.2, 0.25) is 0 Å². The van der Waals surface area contributed by atoms with E-state index in [0.29, 0.717) is 6.92 Å². The van der Waals surface area contributed by atoms with Crippen LogP contribution in [0.1, 0.15) is 13.3 Å². The fourth-order valence-corrected chi connectivity index (χ4v) is 0.749. The molecule has 0 aromatic rings. The lowest BCUT2D eigenvalue weighted by molar-refractivity contribution is -0.305. The van der Waals surface area contributed by atoms with Crippen LogP contribution in [0.15, 0.2) is 0 Å². The van der Waals surface area contributed by atoms with E-state index in [2.05, 4.69) is 5.73 Å². The molecule has 1 unspecified atom stereocenters. The minimum Gasteiger partial charge on any atom is -0.481 e. The number of aliphatic carboxylic acids is 1. The smallest absolute Gasteiger partial charge is 0.455 e. The average Bonchev–Trinajstić information content (AvgIpc) is 1.80. The monoisotopic (exact) mass is 257 g/mol. The number of carboxylic acids is 1. The van der Waals surface area contributed by atoms with Crippen LogP contribution in [-0.4, -0.2) is 28.7 Å². The molecule has 9 heteroatoms. The van der Waals surface area contributed by atoms with Gasteiger partial charge >= 0.3 is 18.1 Å². The summed E-state index contributed by atoms with van der Waals surface area (Å²) in [6, 6.07) is 0. The van der Waals surface area contributed by atoms with Gasteiger partial charge in [-0.15, -0.1) is 12.4 Å². The Morgan fingerprint density at radius 3 is 1.80 bits per heavy atom. The first-order valence-corrected chi connectivity index (χ1v) is 3.37. The minimum absolute atomic E-state index is 0. The van der Waals surface area contributed by atoms with E-state index in [0.717, 1.165) is 0 Å². The molecule has 1 atom stereocenters. The summed E-state index contributed by atoms with van der Waals surface area (Å²) in [5.74, 6) is -7.06. The van der Waals surface area contributed by atoms with Crippen molar-refractivity contribution in [3.63, 3.8) is 0 Å². The lowest BCUT2D eigenvalue weighted by Crippen LogP contribution is -2.61. The molecule has 0 bridgehead atoms. The van der Waals surface area contributed by atoms with Gasteiger partial charge in [0.05, 0.1) is 12.0 Å². The molecule has 0 aromatic carbocycles. The average molecular weight is 258 g/mol. The van der Waals surface area contributed by atoms with Gasteiger partial charge in [0.25, 0.3) is 0 Å². The molecular formula is C6H9ClF5NO2. The second-order valence-electron chi connectivity index (χ2n) is 3.06. The Bertz CT molecular complexity index is 240. The number of halogens is 6. The van der Waals surface area contributed by atoms with Crippen molar-refractivity contribution in [2.45, 2.75) is 31.0 Å². The number of hydrogen-bond donors (Lipinski definition) is 2. The first kappa shape index (κ1) is 16.8. The minimum atomic E-state index is -5.86. The first-order chi connectivity index (χ1) is 5.92. The van der Waals surface area contributed by atoms with Crippen molar-refractivity contribution >= 4 is 18.4 Å². The fourth-order valence-electron chi connectivity index (χ4n) is 0.749. The third-order valence-corrected chi connectivity index (χ3v) is 1.59. The predicted molar refractivity (Wildman–Crippen MR) is 43.1 cm³/mol. The molecule has 0 radical (unpaired) electrons. The van der Waals surface area contributed by atoms with E-state index in [1.807, 2.05) is 0 Å². The highest BCUT2D eigenvalue weighted by Crippen LogP contribution is 2.43. The van der Waals surface area contributed by atoms with Gasteiger partial charge < -0.3 is 10.8 Å². The SMILES string of the molecule is CC(N)(CC(=O)O)C(F)(F)C(F)(F)F.Cl. The van der Waals surface area contributed by atoms with Crippen LogP contribution in [0, 0.1) is 0 Å². The highest BCUT2D eigenvalue weighted by molar-refractivity contribution is 5.85. The third-order valence-electron chi connectivity index (χ3n) is 1.59. The van der Waals surface area contributed by atoms with Gasteiger partial charge in [-0.3, -0.25) is 4.79 Å². The van der Waals surface area contributed by atoms with Gasteiger partial charge in [0, 0.05) is 0 Å². The molecule has 0 amide bonds. The van der Waals surface area contributed by atoms with Crippen LogP contribution in [0.5, 0.6) is 0 Å². The summed E-state index contributed by atoms with van der Waals surface area (Å²) in [6.07, 6.45) is -7.33. The maximum absolute atomic E-state index is 12.6. The Morgan fingerprint density at radius 1 is 1.27 bits per heavy atom. The molecule has 15 heavy (non-hydrogen) atoms. The van der Waals surface area contributed by atoms with E-state index in [1.54, 1.807) is 0 Å². The number of carbonyl (C=O) groups is 1. The van der Waals surface area contributed by atoms with Crippen LogP contribution in [0.3, 0.4) is 0 Å². The number of nitrogens with two attached hydrogens (primary N) is 1. The topological polar surface area (TPSA) is 63.3 Å². The van der Waals surface area contributed by atoms with Crippen molar-refractivity contribution in [2.24, 2.45) is 5.73 Å². The molecule has 0 aliphatic rings. The fraction of sp³-hybridized carbons (Fsp3) is 0.833. The van der Waals surface area contributed by atoms with E-state index >= 15 is 0 Å². The number of carboxylic acid groups (broad SMARTS) is 1. The normalized spacial score (nSPS) is 16.5. The summed E-state index contributed by atoms with van der Waals surface area (Å²) in [5, 5.41) is 8.10. The van der Waals surface area contributed by atoms with Crippen LogP contribution >= 0.6 is 12.4 Å². The van der Waals surface area contributed by atoms with Crippen molar-refractivity contribution in [3.05, 3.63) is 0 Å². The summed E-state index contributed by atoms with van der Waals surface area (Å²) < 4.78 is 60.4.